The maximum Gasteiger partial charge on any atom is 0.174 e. The Morgan fingerprint density at radius 3 is 1.22 bits per heavy atom. The molecule has 0 bridgehead atoms. The van der Waals surface area contributed by atoms with Crippen LogP contribution >= 0.6 is 0 Å². The fraction of sp³-hybridized carbons (Fsp3) is 0.346. The molecule has 4 unspecified atom stereocenters. The van der Waals surface area contributed by atoms with Crippen molar-refractivity contribution >= 4 is 42.0 Å². The van der Waals surface area contributed by atoms with Gasteiger partial charge < -0.3 is 4.74 Å². The molecular weight excluding hydrogens is 763 g/mol. The van der Waals surface area contributed by atoms with E-state index in [1.54, 1.807) is 13.8 Å². The summed E-state index contributed by atoms with van der Waals surface area (Å²) in [5, 5.41) is 0.558. The summed E-state index contributed by atoms with van der Waals surface area (Å²) in [5.74, 6) is 12.3. The normalized spacial score (nSPS) is 16.2. The van der Waals surface area contributed by atoms with Gasteiger partial charge in [0.2, 0.25) is 0 Å². The van der Waals surface area contributed by atoms with Crippen molar-refractivity contribution in [1.82, 2.24) is 9.97 Å². The second kappa shape index (κ2) is 17.0. The van der Waals surface area contributed by atoms with Crippen LogP contribution in [0.3, 0.4) is 0 Å². The molecule has 2 aromatic heterocycles. The smallest absolute Gasteiger partial charge is 0.174 e. The van der Waals surface area contributed by atoms with E-state index in [-0.39, 0.29) is 31.3 Å². The van der Waals surface area contributed by atoms with Gasteiger partial charge in [0.25, 0.3) is 0 Å². The molecule has 0 aliphatic rings. The monoisotopic (exact) mass is 820 g/mol. The molecule has 0 spiro atoms. The van der Waals surface area contributed by atoms with Crippen LogP contribution in [0.4, 0.5) is 8.78 Å². The van der Waals surface area contributed by atoms with Crippen LogP contribution in [-0.2, 0) is 17.6 Å². The Hall–Kier alpha value is -4.93. The van der Waals surface area contributed by atoms with Gasteiger partial charge in [0, 0.05) is 47.1 Å². The van der Waals surface area contributed by atoms with Gasteiger partial charge in [-0.15, -0.1) is 0 Å². The summed E-state index contributed by atoms with van der Waals surface area (Å²) in [6.45, 7) is 16.0. The van der Waals surface area contributed by atoms with E-state index in [9.17, 15) is 0 Å². The molecular formula is C52H58F2N2OSi2. The summed E-state index contributed by atoms with van der Waals surface area (Å²) in [6.07, 6.45) is 5.72. The Kier molecular flexibility index (Phi) is 12.6. The molecule has 0 aliphatic carbocycles. The topological polar surface area (TPSA) is 35.0 Å². The lowest BCUT2D eigenvalue weighted by molar-refractivity contribution is -0.216. The fourth-order valence-electron chi connectivity index (χ4n) is 8.21. The van der Waals surface area contributed by atoms with Crippen LogP contribution in [0.25, 0.3) is 21.5 Å². The van der Waals surface area contributed by atoms with Gasteiger partial charge in [-0.25, -0.2) is 8.78 Å². The predicted molar refractivity (Wildman–Crippen MR) is 249 cm³/mol. The molecule has 304 valence electrons. The summed E-state index contributed by atoms with van der Waals surface area (Å²) in [4.78, 5) is 9.29. The summed E-state index contributed by atoms with van der Waals surface area (Å²) in [5.41, 5.74) is 2.10. The zero-order valence-corrected chi connectivity index (χ0v) is 40.4. The number of nitrogens with zero attached hydrogens (tertiary/aromatic N) is 2. The Labute approximate surface area is 356 Å². The molecule has 0 radical (unpaired) electrons. The van der Waals surface area contributed by atoms with Crippen LogP contribution in [0.5, 0.6) is 0 Å². The molecule has 0 fully saturated rings. The minimum Gasteiger partial charge on any atom is -0.361 e. The first-order valence-electron chi connectivity index (χ1n) is 20.6. The van der Waals surface area contributed by atoms with E-state index in [0.717, 1.165) is 44.1 Å². The molecule has 7 heteroatoms. The number of hydrogen-bond donors (Lipinski definition) is 0. The van der Waals surface area contributed by atoms with Crippen molar-refractivity contribution in [2.75, 3.05) is 0 Å². The third-order valence-corrected chi connectivity index (χ3v) is 13.8. The van der Waals surface area contributed by atoms with E-state index in [1.165, 1.54) is 0 Å². The first-order chi connectivity index (χ1) is 27.6. The molecule has 3 nitrogen and oxygen atoms in total. The first-order valence-corrected chi connectivity index (χ1v) is 22.6. The lowest BCUT2D eigenvalue weighted by Crippen LogP contribution is -2.62. The van der Waals surface area contributed by atoms with E-state index < -0.39 is 21.8 Å². The molecule has 59 heavy (non-hydrogen) atoms. The Morgan fingerprint density at radius 1 is 0.508 bits per heavy atom. The standard InChI is InChI=1S/C52H58F2N2OSi2/c1-47(2,3)35-49(7,51(53,58)29-25-37-17-21-39(22-18-37)33-45-43-15-11-9-13-41(43)27-31-55-45)57-50(8,36-48(4,5)6)52(54,59)30-26-38-19-23-40(24-20-38)34-46-44-16-12-10-14-42(44)28-32-56-46/h9-24,27-28,31-32H,33-36H2,1-8,58-59H3. The van der Waals surface area contributed by atoms with E-state index in [2.05, 4.69) is 99.5 Å². The van der Waals surface area contributed by atoms with Crippen molar-refractivity contribution in [1.29, 1.82) is 0 Å². The highest BCUT2D eigenvalue weighted by atomic mass is 28.2. The number of pyridine rings is 2. The van der Waals surface area contributed by atoms with Gasteiger partial charge in [0.1, 0.15) is 11.2 Å². The van der Waals surface area contributed by atoms with Crippen molar-refractivity contribution in [2.24, 2.45) is 10.8 Å². The number of ether oxygens (including phenoxy) is 1. The Bertz CT molecular complexity index is 2360. The van der Waals surface area contributed by atoms with Crippen molar-refractivity contribution in [3.63, 3.8) is 0 Å². The Morgan fingerprint density at radius 2 is 0.864 bits per heavy atom. The highest BCUT2D eigenvalue weighted by Crippen LogP contribution is 2.47. The van der Waals surface area contributed by atoms with Crippen LogP contribution in [0.2, 0.25) is 0 Å². The van der Waals surface area contributed by atoms with Gasteiger partial charge >= 0.3 is 0 Å². The van der Waals surface area contributed by atoms with E-state index in [4.69, 9.17) is 4.74 Å². The average Bonchev–Trinajstić information content (AvgIpc) is 3.16. The quantitative estimate of drug-likeness (QED) is 0.102. The lowest BCUT2D eigenvalue weighted by atomic mass is 9.76. The fourth-order valence-corrected chi connectivity index (χ4v) is 9.01. The maximum atomic E-state index is 17.6. The highest BCUT2D eigenvalue weighted by Gasteiger charge is 2.56. The number of rotatable bonds is 10. The Balaban J connectivity index is 1.25. The van der Waals surface area contributed by atoms with Gasteiger partial charge in [-0.1, -0.05) is 138 Å². The van der Waals surface area contributed by atoms with Gasteiger partial charge in [-0.05, 0) is 95.8 Å². The minimum atomic E-state index is -2.01. The molecule has 0 aliphatic heterocycles. The molecule has 4 atom stereocenters. The van der Waals surface area contributed by atoms with E-state index in [0.29, 0.717) is 36.8 Å². The molecule has 0 amide bonds. The molecule has 6 aromatic rings. The van der Waals surface area contributed by atoms with Crippen LogP contribution in [-0.4, -0.2) is 52.2 Å². The summed E-state index contributed by atoms with van der Waals surface area (Å²) in [7, 11) is 0.0961. The molecule has 0 saturated heterocycles. The summed E-state index contributed by atoms with van der Waals surface area (Å²) >= 11 is 0. The second-order valence-electron chi connectivity index (χ2n) is 19.2. The number of alkyl halides is 2. The molecule has 0 N–H and O–H groups in total. The van der Waals surface area contributed by atoms with Crippen molar-refractivity contribution in [3.05, 3.63) is 155 Å². The van der Waals surface area contributed by atoms with Gasteiger partial charge in [0.05, 0.1) is 31.9 Å². The minimum absolute atomic E-state index is 0.0480. The SMILES string of the molecule is CC(C)(C)CC(C)(OC(C)(CC(C)(C)C)C(F)([SiH3])C#Cc1ccc(Cc2nccc3ccccc23)cc1)C(F)([SiH3])C#Cc1ccc(Cc2nccc3ccccc23)cc1. The van der Waals surface area contributed by atoms with Crippen LogP contribution in [0, 0.1) is 34.5 Å². The molecule has 2 heterocycles. The third kappa shape index (κ3) is 10.8. The summed E-state index contributed by atoms with van der Waals surface area (Å²) < 4.78 is 42.1. The van der Waals surface area contributed by atoms with Gasteiger partial charge in [-0.2, -0.15) is 0 Å². The van der Waals surface area contributed by atoms with Crippen molar-refractivity contribution < 1.29 is 13.5 Å². The first kappa shape index (κ1) is 43.6. The van der Waals surface area contributed by atoms with E-state index >= 15 is 8.78 Å². The number of benzene rings is 4. The maximum absolute atomic E-state index is 17.6. The number of hydrogen-bond acceptors (Lipinski definition) is 3. The third-order valence-electron chi connectivity index (χ3n) is 11.2. The zero-order chi connectivity index (χ0) is 42.7. The van der Waals surface area contributed by atoms with Crippen LogP contribution in [0.15, 0.2) is 122 Å². The van der Waals surface area contributed by atoms with Crippen LogP contribution < -0.4 is 0 Å². The molecule has 4 aromatic carbocycles. The average molecular weight is 821 g/mol. The molecule has 6 rings (SSSR count). The summed E-state index contributed by atoms with van der Waals surface area (Å²) in [6, 6.07) is 36.4. The number of aromatic nitrogens is 2. The van der Waals surface area contributed by atoms with E-state index in [1.807, 2.05) is 97.3 Å². The lowest BCUT2D eigenvalue weighted by Gasteiger charge is -2.51. The largest absolute Gasteiger partial charge is 0.361 e. The van der Waals surface area contributed by atoms with Crippen LogP contribution in [0.1, 0.15) is 102 Å². The molecule has 0 saturated carbocycles. The number of fused-ring (bicyclic) bond motifs is 2. The number of halogens is 2. The van der Waals surface area contributed by atoms with Crippen molar-refractivity contribution in [3.8, 4) is 23.7 Å². The predicted octanol–water partition coefficient (Wildman–Crippen LogP) is 9.84. The highest BCUT2D eigenvalue weighted by molar-refractivity contribution is 6.18. The van der Waals surface area contributed by atoms with Gasteiger partial charge in [-0.3, -0.25) is 9.97 Å². The second-order valence-corrected chi connectivity index (χ2v) is 22.0. The zero-order valence-electron chi connectivity index (χ0n) is 36.4. The van der Waals surface area contributed by atoms with Crippen molar-refractivity contribution in [2.45, 2.75) is 103 Å². The van der Waals surface area contributed by atoms with Gasteiger partial charge in [0.15, 0.2) is 10.6 Å².